The lowest BCUT2D eigenvalue weighted by molar-refractivity contribution is 0.282. The zero-order chi connectivity index (χ0) is 16.2. The van der Waals surface area contributed by atoms with E-state index in [0.717, 1.165) is 17.3 Å². The minimum Gasteiger partial charge on any atom is -0.392 e. The molecule has 2 N–H and O–H groups in total. The minimum atomic E-state index is -0.884. The Balaban J connectivity index is 1.83. The Kier molecular flexibility index (Phi) is 4.30. The maximum Gasteiger partial charge on any atom is 0.166 e. The molecule has 1 aromatic heterocycles. The third-order valence-corrected chi connectivity index (χ3v) is 3.41. The van der Waals surface area contributed by atoms with Gasteiger partial charge in [-0.25, -0.2) is 13.8 Å². The first kappa shape index (κ1) is 15.1. The molecule has 0 saturated carbocycles. The number of benzene rings is 2. The van der Waals surface area contributed by atoms with E-state index in [1.54, 1.807) is 12.1 Å². The fraction of sp³-hybridized carbons (Fsp3) is 0.0556. The van der Waals surface area contributed by atoms with Crippen molar-refractivity contribution in [3.05, 3.63) is 78.0 Å². The van der Waals surface area contributed by atoms with Crippen LogP contribution in [0.15, 0.2) is 60.8 Å². The van der Waals surface area contributed by atoms with Gasteiger partial charge in [0.2, 0.25) is 0 Å². The van der Waals surface area contributed by atoms with Gasteiger partial charge in [0, 0.05) is 23.0 Å². The lowest BCUT2D eigenvalue weighted by Crippen LogP contribution is -1.95. The molecule has 1 heterocycles. The summed E-state index contributed by atoms with van der Waals surface area (Å²) in [6.07, 6.45) is 1.48. The fourth-order valence-corrected chi connectivity index (χ4v) is 2.25. The third kappa shape index (κ3) is 3.35. The highest BCUT2D eigenvalue weighted by Crippen LogP contribution is 2.25. The number of halogens is 2. The SMILES string of the molecule is OCc1cccc(Nc2ccc(-c3cccc(F)c3F)cn2)c1. The lowest BCUT2D eigenvalue weighted by Gasteiger charge is -2.08. The quantitative estimate of drug-likeness (QED) is 0.756. The number of hydrogen-bond acceptors (Lipinski definition) is 3. The Hall–Kier alpha value is -2.79. The number of pyridine rings is 1. The molecular formula is C18H14F2N2O. The van der Waals surface area contributed by atoms with E-state index in [4.69, 9.17) is 5.11 Å². The van der Waals surface area contributed by atoms with E-state index < -0.39 is 11.6 Å². The number of aromatic nitrogens is 1. The molecule has 0 aliphatic carbocycles. The van der Waals surface area contributed by atoms with Crippen LogP contribution in [0.4, 0.5) is 20.3 Å². The zero-order valence-corrected chi connectivity index (χ0v) is 12.1. The summed E-state index contributed by atoms with van der Waals surface area (Å²) in [5, 5.41) is 12.2. The molecule has 0 atom stereocenters. The number of hydrogen-bond donors (Lipinski definition) is 2. The van der Waals surface area contributed by atoms with E-state index in [9.17, 15) is 8.78 Å². The first-order valence-corrected chi connectivity index (χ1v) is 7.04. The van der Waals surface area contributed by atoms with Gasteiger partial charge < -0.3 is 10.4 Å². The van der Waals surface area contributed by atoms with E-state index >= 15 is 0 Å². The second kappa shape index (κ2) is 6.54. The first-order chi connectivity index (χ1) is 11.2. The second-order valence-corrected chi connectivity index (χ2v) is 5.02. The van der Waals surface area contributed by atoms with Crippen molar-refractivity contribution in [3.8, 4) is 11.1 Å². The van der Waals surface area contributed by atoms with Gasteiger partial charge in [-0.05, 0) is 35.9 Å². The van der Waals surface area contributed by atoms with Crippen LogP contribution in [-0.2, 0) is 6.61 Å². The van der Waals surface area contributed by atoms with Crippen LogP contribution >= 0.6 is 0 Å². The third-order valence-electron chi connectivity index (χ3n) is 3.41. The van der Waals surface area contributed by atoms with E-state index in [1.165, 1.54) is 18.3 Å². The number of anilines is 2. The maximum atomic E-state index is 13.8. The van der Waals surface area contributed by atoms with Crippen LogP contribution in [0.25, 0.3) is 11.1 Å². The molecule has 116 valence electrons. The molecule has 0 fully saturated rings. The van der Waals surface area contributed by atoms with Crippen molar-refractivity contribution in [1.29, 1.82) is 0 Å². The summed E-state index contributed by atoms with van der Waals surface area (Å²) in [7, 11) is 0. The standard InChI is InChI=1S/C18H14F2N2O/c19-16-6-2-5-15(18(16)20)13-7-8-17(21-10-13)22-14-4-1-3-12(9-14)11-23/h1-10,23H,11H2,(H,21,22). The molecule has 3 aromatic rings. The van der Waals surface area contributed by atoms with Crippen molar-refractivity contribution in [3.63, 3.8) is 0 Å². The summed E-state index contributed by atoms with van der Waals surface area (Å²) in [6, 6.07) is 14.7. The summed E-state index contributed by atoms with van der Waals surface area (Å²) in [5.74, 6) is -1.20. The molecule has 0 radical (unpaired) electrons. The van der Waals surface area contributed by atoms with Crippen molar-refractivity contribution in [2.45, 2.75) is 6.61 Å². The van der Waals surface area contributed by atoms with E-state index in [-0.39, 0.29) is 12.2 Å². The van der Waals surface area contributed by atoms with E-state index in [2.05, 4.69) is 10.3 Å². The smallest absolute Gasteiger partial charge is 0.166 e. The highest BCUT2D eigenvalue weighted by molar-refractivity contribution is 5.66. The summed E-state index contributed by atoms with van der Waals surface area (Å²) in [5.41, 5.74) is 2.24. The molecular weight excluding hydrogens is 298 g/mol. The molecule has 2 aromatic carbocycles. The van der Waals surface area contributed by atoms with Gasteiger partial charge in [0.15, 0.2) is 11.6 Å². The Morgan fingerprint density at radius 1 is 1.00 bits per heavy atom. The Morgan fingerprint density at radius 2 is 1.83 bits per heavy atom. The van der Waals surface area contributed by atoms with Gasteiger partial charge in [-0.1, -0.05) is 24.3 Å². The largest absolute Gasteiger partial charge is 0.392 e. The molecule has 3 rings (SSSR count). The fourth-order valence-electron chi connectivity index (χ4n) is 2.25. The second-order valence-electron chi connectivity index (χ2n) is 5.02. The van der Waals surface area contributed by atoms with Gasteiger partial charge in [0.05, 0.1) is 6.61 Å². The van der Waals surface area contributed by atoms with E-state index in [0.29, 0.717) is 11.4 Å². The Labute approximate surface area is 132 Å². The molecule has 0 amide bonds. The number of nitrogens with one attached hydrogen (secondary N) is 1. The molecule has 0 aliphatic heterocycles. The average molecular weight is 312 g/mol. The van der Waals surface area contributed by atoms with Crippen molar-refractivity contribution in [2.75, 3.05) is 5.32 Å². The van der Waals surface area contributed by atoms with Crippen LogP contribution in [0.5, 0.6) is 0 Å². The van der Waals surface area contributed by atoms with Gasteiger partial charge in [-0.3, -0.25) is 0 Å². The molecule has 0 unspecified atom stereocenters. The van der Waals surface area contributed by atoms with Crippen LogP contribution in [0.3, 0.4) is 0 Å². The van der Waals surface area contributed by atoms with Crippen molar-refractivity contribution >= 4 is 11.5 Å². The monoisotopic (exact) mass is 312 g/mol. The summed E-state index contributed by atoms with van der Waals surface area (Å²) < 4.78 is 27.1. The van der Waals surface area contributed by atoms with Gasteiger partial charge in [0.1, 0.15) is 5.82 Å². The van der Waals surface area contributed by atoms with Gasteiger partial charge in [-0.2, -0.15) is 0 Å². The molecule has 5 heteroatoms. The number of aliphatic hydroxyl groups excluding tert-OH is 1. The summed E-state index contributed by atoms with van der Waals surface area (Å²) >= 11 is 0. The van der Waals surface area contributed by atoms with Crippen LogP contribution in [0.2, 0.25) is 0 Å². The van der Waals surface area contributed by atoms with Gasteiger partial charge >= 0.3 is 0 Å². The minimum absolute atomic E-state index is 0.0409. The van der Waals surface area contributed by atoms with Gasteiger partial charge in [0.25, 0.3) is 0 Å². The number of aliphatic hydroxyl groups is 1. The highest BCUT2D eigenvalue weighted by atomic mass is 19.2. The van der Waals surface area contributed by atoms with Crippen LogP contribution in [0.1, 0.15) is 5.56 Å². The maximum absolute atomic E-state index is 13.8. The number of nitrogens with zero attached hydrogens (tertiary/aromatic N) is 1. The molecule has 0 saturated heterocycles. The Bertz CT molecular complexity index is 820. The highest BCUT2D eigenvalue weighted by Gasteiger charge is 2.10. The van der Waals surface area contributed by atoms with Crippen molar-refractivity contribution in [1.82, 2.24) is 4.98 Å². The summed E-state index contributed by atoms with van der Waals surface area (Å²) in [6.45, 7) is -0.0409. The molecule has 3 nitrogen and oxygen atoms in total. The van der Waals surface area contributed by atoms with Crippen LogP contribution in [0, 0.1) is 11.6 Å². The first-order valence-electron chi connectivity index (χ1n) is 7.04. The predicted octanol–water partition coefficient (Wildman–Crippen LogP) is 4.26. The average Bonchev–Trinajstić information content (AvgIpc) is 2.58. The summed E-state index contributed by atoms with van der Waals surface area (Å²) in [4.78, 5) is 4.21. The zero-order valence-electron chi connectivity index (χ0n) is 12.1. The normalized spacial score (nSPS) is 10.6. The lowest BCUT2D eigenvalue weighted by atomic mass is 10.1. The van der Waals surface area contributed by atoms with Crippen LogP contribution < -0.4 is 5.32 Å². The predicted molar refractivity (Wildman–Crippen MR) is 85.2 cm³/mol. The topological polar surface area (TPSA) is 45.1 Å². The Morgan fingerprint density at radius 3 is 2.57 bits per heavy atom. The molecule has 0 spiro atoms. The van der Waals surface area contributed by atoms with Gasteiger partial charge in [-0.15, -0.1) is 0 Å². The molecule has 23 heavy (non-hydrogen) atoms. The van der Waals surface area contributed by atoms with Crippen molar-refractivity contribution < 1.29 is 13.9 Å². The number of rotatable bonds is 4. The van der Waals surface area contributed by atoms with Crippen molar-refractivity contribution in [2.24, 2.45) is 0 Å². The van der Waals surface area contributed by atoms with Crippen LogP contribution in [-0.4, -0.2) is 10.1 Å². The molecule has 0 aliphatic rings. The van der Waals surface area contributed by atoms with E-state index in [1.807, 2.05) is 24.3 Å². The molecule has 0 bridgehead atoms.